The second kappa shape index (κ2) is 6.68. The van der Waals surface area contributed by atoms with E-state index in [0.29, 0.717) is 12.0 Å². The minimum Gasteiger partial charge on any atom is -0.368 e. The molecule has 0 aliphatic heterocycles. The van der Waals surface area contributed by atoms with Crippen molar-refractivity contribution in [1.29, 1.82) is 0 Å². The van der Waals surface area contributed by atoms with Gasteiger partial charge < -0.3 is 10.6 Å². The molecule has 0 aliphatic carbocycles. The summed E-state index contributed by atoms with van der Waals surface area (Å²) in [6.45, 7) is 4.90. The molecular formula is C14H19N5. The largest absolute Gasteiger partial charge is 0.368 e. The molecule has 1 aromatic heterocycles. The molecule has 0 radical (unpaired) electrons. The first-order valence-corrected chi connectivity index (χ1v) is 6.48. The zero-order valence-corrected chi connectivity index (χ0v) is 11.3. The molecular weight excluding hydrogens is 238 g/mol. The van der Waals surface area contributed by atoms with Crippen molar-refractivity contribution in [3.8, 4) is 0 Å². The molecule has 2 aromatic rings. The molecule has 5 heteroatoms. The smallest absolute Gasteiger partial charge is 0.244 e. The van der Waals surface area contributed by atoms with Gasteiger partial charge in [0.25, 0.3) is 0 Å². The Morgan fingerprint density at radius 3 is 2.68 bits per heavy atom. The number of nitrogens with zero attached hydrogens (tertiary/aromatic N) is 3. The highest BCUT2D eigenvalue weighted by Crippen LogP contribution is 2.05. The van der Waals surface area contributed by atoms with Crippen LogP contribution in [0.1, 0.15) is 19.4 Å². The van der Waals surface area contributed by atoms with Crippen LogP contribution in [0, 0.1) is 0 Å². The van der Waals surface area contributed by atoms with Crippen LogP contribution in [0.5, 0.6) is 0 Å². The van der Waals surface area contributed by atoms with Crippen LogP contribution in [0.15, 0.2) is 36.5 Å². The molecule has 5 nitrogen and oxygen atoms in total. The Bertz CT molecular complexity index is 498. The topological polar surface area (TPSA) is 62.7 Å². The van der Waals surface area contributed by atoms with Gasteiger partial charge in [-0.15, -0.1) is 5.10 Å². The van der Waals surface area contributed by atoms with Gasteiger partial charge in [-0.1, -0.05) is 30.3 Å². The van der Waals surface area contributed by atoms with Crippen molar-refractivity contribution < 1.29 is 0 Å². The van der Waals surface area contributed by atoms with E-state index in [1.807, 2.05) is 32.0 Å². The Hall–Kier alpha value is -2.17. The van der Waals surface area contributed by atoms with Crippen LogP contribution in [-0.2, 0) is 6.42 Å². The molecule has 0 bridgehead atoms. The zero-order valence-electron chi connectivity index (χ0n) is 11.3. The Morgan fingerprint density at radius 1 is 1.16 bits per heavy atom. The van der Waals surface area contributed by atoms with Gasteiger partial charge in [-0.05, 0) is 25.8 Å². The molecule has 0 spiro atoms. The van der Waals surface area contributed by atoms with Crippen LogP contribution in [0.3, 0.4) is 0 Å². The molecule has 0 saturated heterocycles. The Morgan fingerprint density at radius 2 is 1.95 bits per heavy atom. The van der Waals surface area contributed by atoms with E-state index in [-0.39, 0.29) is 0 Å². The number of aromatic nitrogens is 3. The van der Waals surface area contributed by atoms with Gasteiger partial charge in [0, 0.05) is 12.6 Å². The first-order valence-electron chi connectivity index (χ1n) is 6.48. The molecule has 1 aromatic carbocycles. The molecule has 19 heavy (non-hydrogen) atoms. The molecule has 0 fully saturated rings. The van der Waals surface area contributed by atoms with Gasteiger partial charge in [0.2, 0.25) is 5.95 Å². The fourth-order valence-electron chi connectivity index (χ4n) is 1.69. The lowest BCUT2D eigenvalue weighted by Gasteiger charge is -2.09. The molecule has 1 heterocycles. The maximum atomic E-state index is 4.35. The highest BCUT2D eigenvalue weighted by Gasteiger charge is 2.01. The highest BCUT2D eigenvalue weighted by molar-refractivity contribution is 5.37. The second-order valence-electron chi connectivity index (χ2n) is 4.63. The lowest BCUT2D eigenvalue weighted by atomic mass is 10.1. The number of anilines is 2. The minimum absolute atomic E-state index is 0.293. The van der Waals surface area contributed by atoms with Crippen molar-refractivity contribution in [2.45, 2.75) is 26.3 Å². The third-order valence-corrected chi connectivity index (χ3v) is 2.54. The highest BCUT2D eigenvalue weighted by atomic mass is 15.3. The fraction of sp³-hybridized carbons (Fsp3) is 0.357. The number of benzene rings is 1. The first kappa shape index (κ1) is 13.3. The van der Waals surface area contributed by atoms with Crippen LogP contribution in [0.4, 0.5) is 11.8 Å². The first-order chi connectivity index (χ1) is 9.24. The lowest BCUT2D eigenvalue weighted by molar-refractivity contribution is 0.849. The van der Waals surface area contributed by atoms with Crippen molar-refractivity contribution in [2.24, 2.45) is 0 Å². The van der Waals surface area contributed by atoms with E-state index < -0.39 is 0 Å². The van der Waals surface area contributed by atoms with Crippen LogP contribution in [0.2, 0.25) is 0 Å². The van der Waals surface area contributed by atoms with E-state index in [2.05, 4.69) is 37.9 Å². The molecule has 0 aliphatic rings. The predicted molar refractivity (Wildman–Crippen MR) is 77.2 cm³/mol. The standard InChI is InChI=1S/C14H19N5/c1-11(2)17-14-18-13(10-16-19-14)15-9-8-12-6-4-3-5-7-12/h3-7,10-11H,8-9H2,1-2H3,(H2,15,17,18,19). The monoisotopic (exact) mass is 257 g/mol. The number of hydrogen-bond acceptors (Lipinski definition) is 5. The van der Waals surface area contributed by atoms with Crippen molar-refractivity contribution in [3.63, 3.8) is 0 Å². The summed E-state index contributed by atoms with van der Waals surface area (Å²) in [5, 5.41) is 14.2. The molecule has 100 valence electrons. The summed E-state index contributed by atoms with van der Waals surface area (Å²) in [6, 6.07) is 10.6. The van der Waals surface area contributed by atoms with Gasteiger partial charge in [0.1, 0.15) is 0 Å². The minimum atomic E-state index is 0.293. The summed E-state index contributed by atoms with van der Waals surface area (Å²) in [5.41, 5.74) is 1.30. The normalized spacial score (nSPS) is 10.5. The van der Waals surface area contributed by atoms with Crippen molar-refractivity contribution in [3.05, 3.63) is 42.1 Å². The van der Waals surface area contributed by atoms with E-state index in [1.165, 1.54) is 5.56 Å². The predicted octanol–water partition coefficient (Wildman–Crippen LogP) is 2.35. The van der Waals surface area contributed by atoms with Gasteiger partial charge >= 0.3 is 0 Å². The summed E-state index contributed by atoms with van der Waals surface area (Å²) in [4.78, 5) is 4.35. The van der Waals surface area contributed by atoms with E-state index >= 15 is 0 Å². The van der Waals surface area contributed by atoms with Gasteiger partial charge in [-0.3, -0.25) is 0 Å². The maximum absolute atomic E-state index is 4.35. The molecule has 0 atom stereocenters. The Balaban J connectivity index is 1.86. The van der Waals surface area contributed by atoms with Crippen molar-refractivity contribution in [2.75, 3.05) is 17.2 Å². The number of nitrogens with one attached hydrogen (secondary N) is 2. The molecule has 2 rings (SSSR count). The van der Waals surface area contributed by atoms with E-state index in [0.717, 1.165) is 18.8 Å². The van der Waals surface area contributed by atoms with Crippen LogP contribution >= 0.6 is 0 Å². The summed E-state index contributed by atoms with van der Waals surface area (Å²) < 4.78 is 0. The third kappa shape index (κ3) is 4.54. The number of hydrogen-bond donors (Lipinski definition) is 2. The van der Waals surface area contributed by atoms with Crippen molar-refractivity contribution in [1.82, 2.24) is 15.2 Å². The average Bonchev–Trinajstić information content (AvgIpc) is 2.40. The van der Waals surface area contributed by atoms with Crippen LogP contribution in [0.25, 0.3) is 0 Å². The summed E-state index contributed by atoms with van der Waals surface area (Å²) in [6.07, 6.45) is 2.59. The number of rotatable bonds is 6. The van der Waals surface area contributed by atoms with E-state index in [4.69, 9.17) is 0 Å². The van der Waals surface area contributed by atoms with Gasteiger partial charge in [0.05, 0.1) is 6.20 Å². The zero-order chi connectivity index (χ0) is 13.5. The fourth-order valence-corrected chi connectivity index (χ4v) is 1.69. The summed E-state index contributed by atoms with van der Waals surface area (Å²) in [7, 11) is 0. The summed E-state index contributed by atoms with van der Waals surface area (Å²) >= 11 is 0. The van der Waals surface area contributed by atoms with Crippen LogP contribution in [-0.4, -0.2) is 27.8 Å². The SMILES string of the molecule is CC(C)Nc1nncc(NCCc2ccccc2)n1. The lowest BCUT2D eigenvalue weighted by Crippen LogP contribution is -2.14. The molecule has 2 N–H and O–H groups in total. The maximum Gasteiger partial charge on any atom is 0.244 e. The van der Waals surface area contributed by atoms with E-state index in [9.17, 15) is 0 Å². The molecule has 0 amide bonds. The quantitative estimate of drug-likeness (QED) is 0.831. The molecule has 0 saturated carbocycles. The third-order valence-electron chi connectivity index (χ3n) is 2.54. The van der Waals surface area contributed by atoms with Crippen LogP contribution < -0.4 is 10.6 Å². The Kier molecular flexibility index (Phi) is 4.66. The molecule has 0 unspecified atom stereocenters. The second-order valence-corrected chi connectivity index (χ2v) is 4.63. The van der Waals surface area contributed by atoms with Gasteiger partial charge in [-0.2, -0.15) is 10.1 Å². The van der Waals surface area contributed by atoms with Gasteiger partial charge in [-0.25, -0.2) is 0 Å². The van der Waals surface area contributed by atoms with Gasteiger partial charge in [0.15, 0.2) is 5.82 Å². The summed E-state index contributed by atoms with van der Waals surface area (Å²) in [5.74, 6) is 1.30. The average molecular weight is 257 g/mol. The Labute approximate surface area is 113 Å². The van der Waals surface area contributed by atoms with E-state index in [1.54, 1.807) is 6.20 Å². The van der Waals surface area contributed by atoms with Crippen molar-refractivity contribution >= 4 is 11.8 Å².